The van der Waals surface area contributed by atoms with Crippen LogP contribution >= 0.6 is 11.6 Å². The summed E-state index contributed by atoms with van der Waals surface area (Å²) in [6.45, 7) is 0.402. The van der Waals surface area contributed by atoms with Crippen molar-refractivity contribution < 1.29 is 13.5 Å². The van der Waals surface area contributed by atoms with Gasteiger partial charge in [-0.05, 0) is 6.07 Å². The van der Waals surface area contributed by atoms with Gasteiger partial charge in [0.05, 0.1) is 12.5 Å². The van der Waals surface area contributed by atoms with Crippen molar-refractivity contribution in [2.24, 2.45) is 0 Å². The van der Waals surface area contributed by atoms with E-state index in [1.165, 1.54) is 12.1 Å². The average Bonchev–Trinajstić information content (AvgIpc) is 2.85. The average molecular weight is 205 g/mol. The molecule has 0 unspecified atom stereocenters. The van der Waals surface area contributed by atoms with Crippen LogP contribution < -0.4 is 0 Å². The zero-order valence-corrected chi connectivity index (χ0v) is 7.44. The molecule has 1 aromatic carbocycles. The molecule has 13 heavy (non-hydrogen) atoms. The van der Waals surface area contributed by atoms with E-state index in [4.69, 9.17) is 16.3 Å². The molecule has 4 heteroatoms. The minimum atomic E-state index is -0.709. The summed E-state index contributed by atoms with van der Waals surface area (Å²) >= 11 is 5.62. The molecule has 0 saturated carbocycles. The topological polar surface area (TPSA) is 12.5 Å². The van der Waals surface area contributed by atoms with Crippen molar-refractivity contribution in [3.05, 3.63) is 35.4 Å². The van der Waals surface area contributed by atoms with E-state index in [0.717, 1.165) is 6.07 Å². The molecule has 0 aromatic heterocycles. The monoisotopic (exact) mass is 204 g/mol. The number of hydrogen-bond donors (Lipinski definition) is 0. The van der Waals surface area contributed by atoms with Gasteiger partial charge in [0.1, 0.15) is 17.2 Å². The zero-order chi connectivity index (χ0) is 9.47. The van der Waals surface area contributed by atoms with E-state index in [1.807, 2.05) is 0 Å². The first-order chi connectivity index (χ1) is 6.18. The third-order valence-electron chi connectivity index (χ3n) is 2.13. The van der Waals surface area contributed by atoms with E-state index >= 15 is 0 Å². The summed E-state index contributed by atoms with van der Waals surface area (Å²) in [6, 6.07) is 3.42. The summed E-state index contributed by atoms with van der Waals surface area (Å²) in [4.78, 5) is 0. The number of halogens is 3. The fourth-order valence-corrected chi connectivity index (χ4v) is 1.55. The fourth-order valence-electron chi connectivity index (χ4n) is 1.25. The molecule has 0 aliphatic carbocycles. The fraction of sp³-hybridized carbons (Fsp3) is 0.333. The Labute approximate surface area is 79.3 Å². The standard InChI is InChI=1S/C9H7ClF2O/c10-4-9(5-13-9)7-2-1-6(11)3-8(7)12/h1-3H,4-5H2/t9-/m0/s1. The van der Waals surface area contributed by atoms with Crippen molar-refractivity contribution in [1.82, 2.24) is 0 Å². The molecule has 0 N–H and O–H groups in total. The molecule has 0 spiro atoms. The molecule has 1 aliphatic heterocycles. The van der Waals surface area contributed by atoms with Crippen molar-refractivity contribution in [3.8, 4) is 0 Å². The molecule has 0 bridgehead atoms. The van der Waals surface area contributed by atoms with E-state index in [2.05, 4.69) is 0 Å². The first-order valence-electron chi connectivity index (χ1n) is 3.83. The lowest BCUT2D eigenvalue weighted by molar-refractivity contribution is 0.324. The van der Waals surface area contributed by atoms with Gasteiger partial charge in [-0.1, -0.05) is 6.07 Å². The smallest absolute Gasteiger partial charge is 0.133 e. The molecule has 1 saturated heterocycles. The van der Waals surface area contributed by atoms with Crippen LogP contribution in [-0.4, -0.2) is 12.5 Å². The Morgan fingerprint density at radius 3 is 2.62 bits per heavy atom. The lowest BCUT2D eigenvalue weighted by Gasteiger charge is -2.08. The lowest BCUT2D eigenvalue weighted by Crippen LogP contribution is -2.12. The minimum absolute atomic E-state index is 0.190. The van der Waals surface area contributed by atoms with Crippen LogP contribution in [0.4, 0.5) is 8.78 Å². The van der Waals surface area contributed by atoms with Gasteiger partial charge in [0, 0.05) is 11.6 Å². The van der Waals surface area contributed by atoms with Crippen molar-refractivity contribution in [3.63, 3.8) is 0 Å². The molecule has 1 aromatic rings. The van der Waals surface area contributed by atoms with Crippen LogP contribution in [0.25, 0.3) is 0 Å². The van der Waals surface area contributed by atoms with Gasteiger partial charge in [-0.25, -0.2) is 8.78 Å². The Hall–Kier alpha value is -0.670. The summed E-state index contributed by atoms with van der Waals surface area (Å²) in [5.41, 5.74) is -0.372. The van der Waals surface area contributed by atoms with Crippen LogP contribution in [0.1, 0.15) is 5.56 Å². The van der Waals surface area contributed by atoms with Crippen molar-refractivity contribution >= 4 is 11.6 Å². The van der Waals surface area contributed by atoms with E-state index in [0.29, 0.717) is 12.2 Å². The van der Waals surface area contributed by atoms with Crippen LogP contribution in [0.2, 0.25) is 0 Å². The quantitative estimate of drug-likeness (QED) is 0.533. The van der Waals surface area contributed by atoms with E-state index in [9.17, 15) is 8.78 Å². The number of rotatable bonds is 2. The Bertz CT molecular complexity index is 336. The van der Waals surface area contributed by atoms with Crippen LogP contribution in [0.3, 0.4) is 0 Å². The Kier molecular flexibility index (Phi) is 2.00. The Balaban J connectivity index is 2.41. The van der Waals surface area contributed by atoms with Crippen LogP contribution in [0, 0.1) is 11.6 Å². The second-order valence-electron chi connectivity index (χ2n) is 3.04. The molecular weight excluding hydrogens is 198 g/mol. The molecule has 1 heterocycles. The molecule has 0 amide bonds. The largest absolute Gasteiger partial charge is 0.363 e. The molecule has 70 valence electrons. The molecule has 1 atom stereocenters. The van der Waals surface area contributed by atoms with Crippen molar-refractivity contribution in [2.75, 3.05) is 12.5 Å². The highest BCUT2D eigenvalue weighted by atomic mass is 35.5. The summed E-state index contributed by atoms with van der Waals surface area (Å²) in [6.07, 6.45) is 0. The van der Waals surface area contributed by atoms with Crippen LogP contribution in [-0.2, 0) is 10.3 Å². The van der Waals surface area contributed by atoms with E-state index < -0.39 is 17.2 Å². The van der Waals surface area contributed by atoms with Gasteiger partial charge in [-0.15, -0.1) is 11.6 Å². The molecule has 1 aliphatic rings. The predicted octanol–water partition coefficient (Wildman–Crippen LogP) is 2.43. The number of alkyl halides is 1. The highest BCUT2D eigenvalue weighted by molar-refractivity contribution is 6.18. The van der Waals surface area contributed by atoms with Gasteiger partial charge in [-0.3, -0.25) is 0 Å². The third kappa shape index (κ3) is 1.42. The number of ether oxygens (including phenoxy) is 1. The van der Waals surface area contributed by atoms with Crippen molar-refractivity contribution in [2.45, 2.75) is 5.60 Å². The summed E-state index contributed by atoms with van der Waals surface area (Å²) in [5, 5.41) is 0. The number of benzene rings is 1. The number of epoxide rings is 1. The van der Waals surface area contributed by atoms with E-state index in [-0.39, 0.29) is 5.88 Å². The summed E-state index contributed by atoms with van der Waals surface area (Å²) in [5.74, 6) is -1.000. The summed E-state index contributed by atoms with van der Waals surface area (Å²) in [7, 11) is 0. The normalized spacial score (nSPS) is 26.1. The maximum Gasteiger partial charge on any atom is 0.133 e. The van der Waals surface area contributed by atoms with Gasteiger partial charge in [-0.2, -0.15) is 0 Å². The maximum atomic E-state index is 13.2. The minimum Gasteiger partial charge on any atom is -0.363 e. The molecule has 1 nitrogen and oxygen atoms in total. The predicted molar refractivity (Wildman–Crippen MR) is 44.7 cm³/mol. The zero-order valence-electron chi connectivity index (χ0n) is 6.69. The first-order valence-corrected chi connectivity index (χ1v) is 4.37. The van der Waals surface area contributed by atoms with Gasteiger partial charge < -0.3 is 4.74 Å². The second-order valence-corrected chi connectivity index (χ2v) is 3.31. The van der Waals surface area contributed by atoms with Crippen LogP contribution in [0.5, 0.6) is 0 Å². The van der Waals surface area contributed by atoms with Crippen molar-refractivity contribution in [1.29, 1.82) is 0 Å². The van der Waals surface area contributed by atoms with Crippen LogP contribution in [0.15, 0.2) is 18.2 Å². The van der Waals surface area contributed by atoms with Gasteiger partial charge in [0.25, 0.3) is 0 Å². The lowest BCUT2D eigenvalue weighted by atomic mass is 10.0. The second kappa shape index (κ2) is 2.93. The Morgan fingerprint density at radius 2 is 2.15 bits per heavy atom. The molecule has 2 rings (SSSR count). The highest BCUT2D eigenvalue weighted by Gasteiger charge is 2.47. The maximum absolute atomic E-state index is 13.2. The summed E-state index contributed by atoms with van der Waals surface area (Å²) < 4.78 is 30.8. The Morgan fingerprint density at radius 1 is 1.46 bits per heavy atom. The van der Waals surface area contributed by atoms with Gasteiger partial charge >= 0.3 is 0 Å². The van der Waals surface area contributed by atoms with E-state index in [1.54, 1.807) is 0 Å². The highest BCUT2D eigenvalue weighted by Crippen LogP contribution is 2.40. The third-order valence-corrected chi connectivity index (χ3v) is 2.56. The molecule has 1 fully saturated rings. The SMILES string of the molecule is Fc1ccc([C@]2(CCl)CO2)c(F)c1. The first kappa shape index (κ1) is 8.91. The van der Waals surface area contributed by atoms with Gasteiger partial charge in [0.15, 0.2) is 0 Å². The molecule has 0 radical (unpaired) electrons. The molecular formula is C9H7ClF2O. The number of hydrogen-bond acceptors (Lipinski definition) is 1. The van der Waals surface area contributed by atoms with Gasteiger partial charge in [0.2, 0.25) is 0 Å².